The Morgan fingerprint density at radius 1 is 1.39 bits per heavy atom. The topological polar surface area (TPSA) is 44.1 Å². The highest BCUT2D eigenvalue weighted by Gasteiger charge is 2.24. The average molecular weight is 242 g/mol. The van der Waals surface area contributed by atoms with Gasteiger partial charge in [-0.2, -0.15) is 5.26 Å². The van der Waals surface area contributed by atoms with Crippen LogP contribution in [0.2, 0.25) is 0 Å². The van der Waals surface area contributed by atoms with E-state index in [0.717, 1.165) is 37.9 Å². The summed E-state index contributed by atoms with van der Waals surface area (Å²) in [5, 5.41) is 8.74. The number of hydrogen-bond donors (Lipinski definition) is 0. The van der Waals surface area contributed by atoms with Gasteiger partial charge in [0, 0.05) is 31.6 Å². The predicted molar refractivity (Wildman–Crippen MR) is 71.4 cm³/mol. The molecule has 0 spiro atoms. The number of nitrogens with zero attached hydrogens (tertiary/aromatic N) is 2. The van der Waals surface area contributed by atoms with Crippen molar-refractivity contribution >= 4 is 11.5 Å². The number of carbonyl (C=O) groups is 1. The van der Waals surface area contributed by atoms with E-state index in [1.54, 1.807) is 0 Å². The molecule has 1 aromatic rings. The van der Waals surface area contributed by atoms with Crippen LogP contribution >= 0.6 is 0 Å². The van der Waals surface area contributed by atoms with Crippen molar-refractivity contribution < 1.29 is 4.79 Å². The number of benzene rings is 1. The normalized spacial score (nSPS) is 18.7. The first-order chi connectivity index (χ1) is 8.70. The van der Waals surface area contributed by atoms with Crippen molar-refractivity contribution in [2.45, 2.75) is 25.7 Å². The zero-order valence-electron chi connectivity index (χ0n) is 10.7. The quantitative estimate of drug-likeness (QED) is 0.815. The lowest BCUT2D eigenvalue weighted by Gasteiger charge is -2.20. The Morgan fingerprint density at radius 3 is 2.67 bits per heavy atom. The molecule has 1 atom stereocenters. The third-order valence-electron chi connectivity index (χ3n) is 3.68. The van der Waals surface area contributed by atoms with E-state index in [-0.39, 0.29) is 5.92 Å². The summed E-state index contributed by atoms with van der Waals surface area (Å²) < 4.78 is 0. The van der Waals surface area contributed by atoms with Gasteiger partial charge in [0.2, 0.25) is 0 Å². The molecule has 18 heavy (non-hydrogen) atoms. The molecule has 1 aromatic carbocycles. The third-order valence-corrected chi connectivity index (χ3v) is 3.68. The fourth-order valence-electron chi connectivity index (χ4n) is 2.46. The molecule has 1 fully saturated rings. The zero-order valence-corrected chi connectivity index (χ0v) is 10.7. The average Bonchev–Trinajstić information content (AvgIpc) is 2.81. The predicted octanol–water partition coefficient (Wildman–Crippen LogP) is 2.75. The minimum atomic E-state index is 0.269. The molecule has 1 aliphatic rings. The van der Waals surface area contributed by atoms with Crippen molar-refractivity contribution in [2.75, 3.05) is 18.5 Å². The largest absolute Gasteiger partial charge is 0.375 e. The van der Waals surface area contributed by atoms with Gasteiger partial charge in [0.1, 0.15) is 5.78 Å². The molecule has 1 unspecified atom stereocenters. The van der Waals surface area contributed by atoms with Crippen molar-refractivity contribution in [1.29, 1.82) is 5.26 Å². The van der Waals surface area contributed by atoms with Crippen molar-refractivity contribution in [1.82, 2.24) is 0 Å². The summed E-state index contributed by atoms with van der Waals surface area (Å²) in [6.07, 6.45) is 3.82. The number of carbonyl (C=O) groups excluding carboxylic acids is 1. The Morgan fingerprint density at radius 2 is 2.11 bits per heavy atom. The maximum Gasteiger partial charge on any atom is 0.136 e. The number of anilines is 1. The van der Waals surface area contributed by atoms with Gasteiger partial charge in [0.05, 0.1) is 11.6 Å². The molecule has 3 nitrogen and oxygen atoms in total. The number of nitriles is 1. The number of ketones is 1. The molecular weight excluding hydrogens is 224 g/mol. The number of Topliss-reactive ketones (excluding diaryl/α,β-unsaturated/α-hetero) is 1. The molecule has 0 aliphatic heterocycles. The van der Waals surface area contributed by atoms with Gasteiger partial charge in [-0.25, -0.2) is 0 Å². The molecule has 0 amide bonds. The van der Waals surface area contributed by atoms with Gasteiger partial charge in [-0.05, 0) is 43.5 Å². The van der Waals surface area contributed by atoms with E-state index in [9.17, 15) is 4.79 Å². The molecule has 1 aliphatic carbocycles. The Bertz CT molecular complexity index is 458. The van der Waals surface area contributed by atoms with Crippen LogP contribution in [0.3, 0.4) is 0 Å². The maximum absolute atomic E-state index is 11.6. The summed E-state index contributed by atoms with van der Waals surface area (Å²) in [6.45, 7) is 0.891. The van der Waals surface area contributed by atoms with Crippen LogP contribution in [0.15, 0.2) is 24.3 Å². The maximum atomic E-state index is 11.6. The van der Waals surface area contributed by atoms with E-state index in [1.165, 1.54) is 0 Å². The zero-order chi connectivity index (χ0) is 13.0. The Kier molecular flexibility index (Phi) is 3.99. The van der Waals surface area contributed by atoms with Gasteiger partial charge < -0.3 is 4.90 Å². The first kappa shape index (κ1) is 12.6. The summed E-state index contributed by atoms with van der Waals surface area (Å²) in [5.41, 5.74) is 1.78. The van der Waals surface area contributed by atoms with Crippen LogP contribution in [-0.4, -0.2) is 19.4 Å². The van der Waals surface area contributed by atoms with Gasteiger partial charge in [-0.3, -0.25) is 4.79 Å². The fraction of sp³-hybridized carbons (Fsp3) is 0.467. The lowest BCUT2D eigenvalue weighted by Crippen LogP contribution is -2.22. The molecule has 0 aromatic heterocycles. The van der Waals surface area contributed by atoms with Crippen LogP contribution in [0.25, 0.3) is 0 Å². The minimum Gasteiger partial charge on any atom is -0.375 e. The first-order valence-electron chi connectivity index (χ1n) is 6.44. The van der Waals surface area contributed by atoms with Crippen LogP contribution in [0, 0.1) is 17.2 Å². The minimum absolute atomic E-state index is 0.269. The van der Waals surface area contributed by atoms with Crippen LogP contribution < -0.4 is 4.90 Å². The third kappa shape index (κ3) is 2.89. The van der Waals surface area contributed by atoms with Gasteiger partial charge >= 0.3 is 0 Å². The van der Waals surface area contributed by atoms with Crippen molar-refractivity contribution in [3.63, 3.8) is 0 Å². The molecular formula is C15H18N2O. The molecule has 0 bridgehead atoms. The second-order valence-electron chi connectivity index (χ2n) is 4.92. The highest BCUT2D eigenvalue weighted by Crippen LogP contribution is 2.25. The summed E-state index contributed by atoms with van der Waals surface area (Å²) in [7, 11) is 2.03. The summed E-state index contributed by atoms with van der Waals surface area (Å²) >= 11 is 0. The van der Waals surface area contributed by atoms with E-state index >= 15 is 0 Å². The molecule has 0 N–H and O–H groups in total. The number of hydrogen-bond acceptors (Lipinski definition) is 3. The lowest BCUT2D eigenvalue weighted by molar-refractivity contribution is -0.120. The Hall–Kier alpha value is -1.82. The Balaban J connectivity index is 1.89. The lowest BCUT2D eigenvalue weighted by atomic mass is 10.0. The molecule has 3 heteroatoms. The monoisotopic (exact) mass is 242 g/mol. The van der Waals surface area contributed by atoms with Crippen molar-refractivity contribution in [3.05, 3.63) is 29.8 Å². The first-order valence-corrected chi connectivity index (χ1v) is 6.44. The molecule has 2 rings (SSSR count). The molecule has 0 radical (unpaired) electrons. The van der Waals surface area contributed by atoms with E-state index in [1.807, 2.05) is 31.3 Å². The number of rotatable bonds is 4. The van der Waals surface area contributed by atoms with Crippen molar-refractivity contribution in [3.8, 4) is 6.07 Å². The van der Waals surface area contributed by atoms with Crippen molar-refractivity contribution in [2.24, 2.45) is 5.92 Å². The van der Waals surface area contributed by atoms with E-state index in [2.05, 4.69) is 11.0 Å². The molecule has 0 saturated heterocycles. The SMILES string of the molecule is CN(CCC1CCCC1=O)c1ccc(C#N)cc1. The molecule has 94 valence electrons. The van der Waals surface area contributed by atoms with Crippen LogP contribution in [0.1, 0.15) is 31.2 Å². The van der Waals surface area contributed by atoms with Gasteiger partial charge in [-0.1, -0.05) is 0 Å². The van der Waals surface area contributed by atoms with Crippen LogP contribution in [0.5, 0.6) is 0 Å². The molecule has 0 heterocycles. The van der Waals surface area contributed by atoms with E-state index in [4.69, 9.17) is 5.26 Å². The standard InChI is InChI=1S/C15H18N2O/c1-17(10-9-13-3-2-4-15(13)18)14-7-5-12(11-16)6-8-14/h5-8,13H,2-4,9-10H2,1H3. The highest BCUT2D eigenvalue weighted by atomic mass is 16.1. The van der Waals surface area contributed by atoms with Gasteiger partial charge in [-0.15, -0.1) is 0 Å². The summed E-state index contributed by atoms with van der Waals surface area (Å²) in [5.74, 6) is 0.703. The smallest absolute Gasteiger partial charge is 0.136 e. The van der Waals surface area contributed by atoms with E-state index < -0.39 is 0 Å². The molecule has 1 saturated carbocycles. The Labute approximate surface area is 108 Å². The van der Waals surface area contributed by atoms with E-state index in [0.29, 0.717) is 11.3 Å². The highest BCUT2D eigenvalue weighted by molar-refractivity contribution is 5.82. The van der Waals surface area contributed by atoms with Crippen LogP contribution in [-0.2, 0) is 4.79 Å². The van der Waals surface area contributed by atoms with Gasteiger partial charge in [0.15, 0.2) is 0 Å². The second kappa shape index (κ2) is 5.68. The van der Waals surface area contributed by atoms with Gasteiger partial charge in [0.25, 0.3) is 0 Å². The summed E-state index contributed by atoms with van der Waals surface area (Å²) in [4.78, 5) is 13.7. The second-order valence-corrected chi connectivity index (χ2v) is 4.92. The fourth-order valence-corrected chi connectivity index (χ4v) is 2.46. The van der Waals surface area contributed by atoms with Crippen LogP contribution in [0.4, 0.5) is 5.69 Å². The summed E-state index contributed by atoms with van der Waals surface area (Å²) in [6, 6.07) is 9.67.